The van der Waals surface area contributed by atoms with E-state index in [1.807, 2.05) is 84.9 Å². The zero-order valence-corrected chi connectivity index (χ0v) is 27.2. The van der Waals surface area contributed by atoms with Gasteiger partial charge in [0, 0.05) is 37.2 Å². The van der Waals surface area contributed by atoms with E-state index in [0.29, 0.717) is 48.0 Å². The van der Waals surface area contributed by atoms with Crippen molar-refractivity contribution in [1.29, 1.82) is 0 Å². The summed E-state index contributed by atoms with van der Waals surface area (Å²) >= 11 is 0. The van der Waals surface area contributed by atoms with Gasteiger partial charge in [0.05, 0.1) is 44.2 Å². The molecule has 2 heterocycles. The number of carbonyl (C=O) groups is 2. The van der Waals surface area contributed by atoms with Gasteiger partial charge in [-0.05, 0) is 82.9 Å². The fourth-order valence-electron chi connectivity index (χ4n) is 5.41. The molecule has 1 amide bonds. The minimum Gasteiger partial charge on any atom is -0.493 e. The lowest BCUT2D eigenvalue weighted by Gasteiger charge is -2.18. The Labute approximate surface area is 285 Å². The zero-order chi connectivity index (χ0) is 33.6. The van der Waals surface area contributed by atoms with Gasteiger partial charge >= 0.3 is 5.97 Å². The van der Waals surface area contributed by atoms with Gasteiger partial charge in [0.25, 0.3) is 5.91 Å². The van der Waals surface area contributed by atoms with E-state index in [1.165, 1.54) is 4.90 Å². The number of anilines is 1. The van der Waals surface area contributed by atoms with Gasteiger partial charge in [0.2, 0.25) is 0 Å². The lowest BCUT2D eigenvalue weighted by molar-refractivity contribution is 0.0734. The number of hydrogen-bond donors (Lipinski definition) is 0. The number of epoxide rings is 2. The summed E-state index contributed by atoms with van der Waals surface area (Å²) in [6, 6.07) is 37.5. The van der Waals surface area contributed by atoms with Gasteiger partial charge in [-0.2, -0.15) is 0 Å². The van der Waals surface area contributed by atoms with E-state index in [-0.39, 0.29) is 5.91 Å². The van der Waals surface area contributed by atoms with E-state index in [0.717, 1.165) is 59.8 Å². The Morgan fingerprint density at radius 1 is 0.612 bits per heavy atom. The standard InChI is InChI=1S/C41H37NO7/c1-42(40(43)32-9-5-28(6-10-32)30-13-17-35(18-14-30)45-23-21-38-26-47-38)34-3-2-4-37(25-34)49-41(44)33-11-7-29(8-12-33)31-15-19-36(20-16-31)46-24-22-39-27-48-39/h2-20,25,38-39H,21-24,26-27H2,1H3. The van der Waals surface area contributed by atoms with Crippen LogP contribution >= 0.6 is 0 Å². The van der Waals surface area contributed by atoms with Crippen molar-refractivity contribution in [1.82, 2.24) is 0 Å². The van der Waals surface area contributed by atoms with Gasteiger partial charge in [-0.1, -0.05) is 54.6 Å². The van der Waals surface area contributed by atoms with Crippen LogP contribution in [-0.2, 0) is 9.47 Å². The lowest BCUT2D eigenvalue weighted by Crippen LogP contribution is -2.26. The van der Waals surface area contributed by atoms with Crippen molar-refractivity contribution in [2.75, 3.05) is 38.4 Å². The van der Waals surface area contributed by atoms with Crippen molar-refractivity contribution in [2.24, 2.45) is 0 Å². The molecule has 0 aromatic heterocycles. The lowest BCUT2D eigenvalue weighted by atomic mass is 10.0. The molecule has 2 aliphatic heterocycles. The van der Waals surface area contributed by atoms with Crippen LogP contribution in [0.15, 0.2) is 121 Å². The molecule has 0 N–H and O–H groups in total. The van der Waals surface area contributed by atoms with E-state index >= 15 is 0 Å². The number of nitrogens with zero attached hydrogens (tertiary/aromatic N) is 1. The first-order valence-electron chi connectivity index (χ1n) is 16.5. The number of amides is 1. The average molecular weight is 656 g/mol. The van der Waals surface area contributed by atoms with Crippen molar-refractivity contribution in [3.63, 3.8) is 0 Å². The first-order chi connectivity index (χ1) is 24.0. The SMILES string of the molecule is CN(C(=O)c1ccc(-c2ccc(OCCC3CO3)cc2)cc1)c1cccc(OC(=O)c2ccc(-c3ccc(OCCC4CO4)cc3)cc2)c1. The molecule has 5 aromatic carbocycles. The molecule has 2 aliphatic rings. The molecule has 8 heteroatoms. The van der Waals surface area contributed by atoms with Crippen molar-refractivity contribution >= 4 is 17.6 Å². The minimum atomic E-state index is -0.482. The molecule has 2 atom stereocenters. The molecule has 0 spiro atoms. The maximum atomic E-state index is 13.4. The quantitative estimate of drug-likeness (QED) is 0.0684. The van der Waals surface area contributed by atoms with Crippen molar-refractivity contribution < 1.29 is 33.3 Å². The highest BCUT2D eigenvalue weighted by Crippen LogP contribution is 2.27. The molecule has 49 heavy (non-hydrogen) atoms. The molecule has 2 fully saturated rings. The van der Waals surface area contributed by atoms with Crippen LogP contribution in [0.5, 0.6) is 17.2 Å². The van der Waals surface area contributed by atoms with E-state index in [9.17, 15) is 9.59 Å². The summed E-state index contributed by atoms with van der Waals surface area (Å²) in [4.78, 5) is 27.9. The summed E-state index contributed by atoms with van der Waals surface area (Å²) in [5, 5.41) is 0. The molecule has 0 aliphatic carbocycles. The van der Waals surface area contributed by atoms with E-state index in [1.54, 1.807) is 43.4 Å². The minimum absolute atomic E-state index is 0.179. The molecule has 2 saturated heterocycles. The summed E-state index contributed by atoms with van der Waals surface area (Å²) in [6.07, 6.45) is 2.51. The average Bonchev–Trinajstić information content (AvgIpc) is 4.09. The molecule has 0 radical (unpaired) electrons. The Morgan fingerprint density at radius 3 is 1.53 bits per heavy atom. The highest BCUT2D eigenvalue weighted by atomic mass is 16.6. The van der Waals surface area contributed by atoms with Crippen molar-refractivity contribution in [3.8, 4) is 39.5 Å². The van der Waals surface area contributed by atoms with Crippen LogP contribution in [0.3, 0.4) is 0 Å². The Morgan fingerprint density at radius 2 is 1.06 bits per heavy atom. The van der Waals surface area contributed by atoms with Crippen LogP contribution in [0, 0.1) is 0 Å². The summed E-state index contributed by atoms with van der Waals surface area (Å²) < 4.78 is 27.7. The van der Waals surface area contributed by atoms with Crippen LogP contribution in [0.25, 0.3) is 22.3 Å². The topological polar surface area (TPSA) is 90.1 Å². The second kappa shape index (κ2) is 14.8. The number of rotatable bonds is 14. The zero-order valence-electron chi connectivity index (χ0n) is 27.2. The molecule has 7 rings (SSSR count). The predicted molar refractivity (Wildman–Crippen MR) is 188 cm³/mol. The molecule has 0 bridgehead atoms. The van der Waals surface area contributed by atoms with Crippen LogP contribution in [-0.4, -0.2) is 57.6 Å². The van der Waals surface area contributed by atoms with E-state index < -0.39 is 5.97 Å². The number of carbonyl (C=O) groups excluding carboxylic acids is 2. The maximum absolute atomic E-state index is 13.4. The molecular formula is C41H37NO7. The van der Waals surface area contributed by atoms with Gasteiger partial charge in [-0.15, -0.1) is 0 Å². The van der Waals surface area contributed by atoms with Gasteiger partial charge in [-0.25, -0.2) is 4.79 Å². The summed E-state index contributed by atoms with van der Waals surface area (Å²) in [6.45, 7) is 2.94. The maximum Gasteiger partial charge on any atom is 0.343 e. The normalized spacial score (nSPS) is 16.0. The molecular weight excluding hydrogens is 618 g/mol. The van der Waals surface area contributed by atoms with Crippen LogP contribution in [0.2, 0.25) is 0 Å². The van der Waals surface area contributed by atoms with E-state index in [2.05, 4.69) is 0 Å². The second-order valence-electron chi connectivity index (χ2n) is 12.1. The smallest absolute Gasteiger partial charge is 0.343 e. The Hall–Kier alpha value is -5.44. The first-order valence-corrected chi connectivity index (χ1v) is 16.5. The largest absolute Gasteiger partial charge is 0.493 e. The summed E-state index contributed by atoms with van der Waals surface area (Å²) in [5.41, 5.74) is 5.59. The molecule has 248 valence electrons. The molecule has 8 nitrogen and oxygen atoms in total. The fraction of sp³-hybridized carbons (Fsp3) is 0.220. The van der Waals surface area contributed by atoms with Crippen LogP contribution in [0.1, 0.15) is 33.6 Å². The van der Waals surface area contributed by atoms with Gasteiger partial charge in [0.15, 0.2) is 0 Å². The number of hydrogen-bond acceptors (Lipinski definition) is 7. The number of esters is 1. The van der Waals surface area contributed by atoms with Gasteiger partial charge in [0.1, 0.15) is 17.2 Å². The number of benzene rings is 5. The highest BCUT2D eigenvalue weighted by Gasteiger charge is 2.22. The Bertz CT molecular complexity index is 1880. The van der Waals surface area contributed by atoms with Gasteiger partial charge < -0.3 is 28.6 Å². The van der Waals surface area contributed by atoms with E-state index in [4.69, 9.17) is 23.7 Å². The fourth-order valence-corrected chi connectivity index (χ4v) is 5.41. The summed E-state index contributed by atoms with van der Waals surface area (Å²) in [5.74, 6) is 1.32. The van der Waals surface area contributed by atoms with Crippen molar-refractivity contribution in [2.45, 2.75) is 25.0 Å². The monoisotopic (exact) mass is 655 g/mol. The second-order valence-corrected chi connectivity index (χ2v) is 12.1. The van der Waals surface area contributed by atoms with Crippen molar-refractivity contribution in [3.05, 3.63) is 132 Å². The molecule has 2 unspecified atom stereocenters. The highest BCUT2D eigenvalue weighted by molar-refractivity contribution is 6.06. The first kappa shape index (κ1) is 32.1. The Kier molecular flexibility index (Phi) is 9.68. The summed E-state index contributed by atoms with van der Waals surface area (Å²) in [7, 11) is 1.70. The third-order valence-corrected chi connectivity index (χ3v) is 8.57. The van der Waals surface area contributed by atoms with Crippen LogP contribution < -0.4 is 19.1 Å². The molecule has 0 saturated carbocycles. The third-order valence-electron chi connectivity index (χ3n) is 8.57. The third kappa shape index (κ3) is 8.54. The van der Waals surface area contributed by atoms with Gasteiger partial charge in [-0.3, -0.25) is 4.79 Å². The number of ether oxygens (including phenoxy) is 5. The Balaban J connectivity index is 0.927. The van der Waals surface area contributed by atoms with Crippen LogP contribution in [0.4, 0.5) is 5.69 Å². The predicted octanol–water partition coefficient (Wildman–Crippen LogP) is 7.85. The molecule has 5 aromatic rings.